The van der Waals surface area contributed by atoms with Gasteiger partial charge in [-0.1, -0.05) is 5.16 Å². The highest BCUT2D eigenvalue weighted by molar-refractivity contribution is 5.82. The molecule has 2 aliphatic heterocycles. The zero-order valence-electron chi connectivity index (χ0n) is 15.5. The van der Waals surface area contributed by atoms with E-state index in [4.69, 9.17) is 4.52 Å². The molecule has 1 aromatic rings. The maximum atomic E-state index is 12.5. The van der Waals surface area contributed by atoms with Crippen molar-refractivity contribution >= 4 is 11.9 Å². The third kappa shape index (κ3) is 3.03. The van der Waals surface area contributed by atoms with Crippen LogP contribution in [0.4, 0.5) is 6.01 Å². The topological polar surface area (TPSA) is 65.7 Å². The predicted molar refractivity (Wildman–Crippen MR) is 94.2 cm³/mol. The molecule has 3 atom stereocenters. The van der Waals surface area contributed by atoms with Crippen molar-refractivity contribution in [2.45, 2.75) is 39.7 Å². The molecule has 1 aliphatic carbocycles. The summed E-state index contributed by atoms with van der Waals surface area (Å²) in [5.41, 5.74) is 0. The van der Waals surface area contributed by atoms with Crippen molar-refractivity contribution in [3.8, 4) is 0 Å². The number of rotatable bonds is 5. The van der Waals surface area contributed by atoms with Gasteiger partial charge >= 0.3 is 6.01 Å². The Bertz CT molecular complexity index is 609. The molecule has 25 heavy (non-hydrogen) atoms. The van der Waals surface area contributed by atoms with Crippen molar-refractivity contribution < 1.29 is 9.32 Å². The van der Waals surface area contributed by atoms with Gasteiger partial charge in [0.15, 0.2) is 5.82 Å². The Morgan fingerprint density at radius 2 is 1.84 bits per heavy atom. The van der Waals surface area contributed by atoms with Crippen molar-refractivity contribution in [3.05, 3.63) is 5.82 Å². The van der Waals surface area contributed by atoms with Gasteiger partial charge in [0.05, 0.1) is 0 Å². The van der Waals surface area contributed by atoms with Gasteiger partial charge in [-0.05, 0) is 45.4 Å². The second-order valence-corrected chi connectivity index (χ2v) is 7.66. The average molecular weight is 347 g/mol. The number of piperidine rings is 2. The van der Waals surface area contributed by atoms with E-state index in [1.54, 1.807) is 0 Å². The first kappa shape index (κ1) is 16.8. The lowest BCUT2D eigenvalue weighted by Crippen LogP contribution is -2.46. The van der Waals surface area contributed by atoms with E-state index >= 15 is 0 Å². The Morgan fingerprint density at radius 3 is 2.36 bits per heavy atom. The first-order valence-electron chi connectivity index (χ1n) is 9.70. The normalized spacial score (nSPS) is 29.7. The molecule has 0 N–H and O–H groups in total. The maximum absolute atomic E-state index is 12.5. The monoisotopic (exact) mass is 347 g/mol. The smallest absolute Gasteiger partial charge is 0.324 e. The zero-order chi connectivity index (χ0) is 17.6. The van der Waals surface area contributed by atoms with Gasteiger partial charge in [-0.15, -0.1) is 0 Å². The van der Waals surface area contributed by atoms with Gasteiger partial charge in [0.1, 0.15) is 0 Å². The van der Waals surface area contributed by atoms with E-state index in [2.05, 4.69) is 33.8 Å². The Balaban J connectivity index is 1.26. The van der Waals surface area contributed by atoms with Gasteiger partial charge in [-0.25, -0.2) is 0 Å². The van der Waals surface area contributed by atoms with Gasteiger partial charge in [-0.2, -0.15) is 4.98 Å². The average Bonchev–Trinajstić information content (AvgIpc) is 2.97. The van der Waals surface area contributed by atoms with Crippen molar-refractivity contribution in [1.29, 1.82) is 0 Å². The largest absolute Gasteiger partial charge is 0.343 e. The molecule has 2 saturated heterocycles. The highest BCUT2D eigenvalue weighted by atomic mass is 16.5. The number of aromatic nitrogens is 2. The van der Waals surface area contributed by atoms with Crippen LogP contribution in [0, 0.1) is 24.7 Å². The van der Waals surface area contributed by atoms with Crippen molar-refractivity contribution in [2.24, 2.45) is 17.8 Å². The first-order chi connectivity index (χ1) is 12.1. The van der Waals surface area contributed by atoms with Crippen LogP contribution in [0.15, 0.2) is 4.52 Å². The van der Waals surface area contributed by atoms with Crippen molar-refractivity contribution in [3.63, 3.8) is 0 Å². The molecule has 1 aromatic heterocycles. The van der Waals surface area contributed by atoms with Crippen LogP contribution in [0.2, 0.25) is 0 Å². The molecule has 138 valence electrons. The molecule has 7 nitrogen and oxygen atoms in total. The fourth-order valence-electron chi connectivity index (χ4n) is 4.81. The predicted octanol–water partition coefficient (Wildman–Crippen LogP) is 1.39. The van der Waals surface area contributed by atoms with Crippen LogP contribution in [-0.2, 0) is 4.79 Å². The fourth-order valence-corrected chi connectivity index (χ4v) is 4.81. The molecule has 7 heteroatoms. The minimum absolute atomic E-state index is 0.303. The zero-order valence-corrected chi connectivity index (χ0v) is 15.5. The molecule has 1 saturated carbocycles. The van der Waals surface area contributed by atoms with E-state index < -0.39 is 0 Å². The summed E-state index contributed by atoms with van der Waals surface area (Å²) in [6, 6.07) is 1.29. The number of carbonyl (C=O) groups is 1. The summed E-state index contributed by atoms with van der Waals surface area (Å²) in [6.45, 7) is 11.8. The molecule has 0 radical (unpaired) electrons. The summed E-state index contributed by atoms with van der Waals surface area (Å²) in [6.07, 6.45) is 2.27. The third-order valence-corrected chi connectivity index (χ3v) is 6.35. The first-order valence-corrected chi connectivity index (χ1v) is 9.70. The lowest BCUT2D eigenvalue weighted by molar-refractivity contribution is -0.133. The van der Waals surface area contributed by atoms with E-state index in [9.17, 15) is 4.79 Å². The van der Waals surface area contributed by atoms with Crippen LogP contribution >= 0.6 is 0 Å². The van der Waals surface area contributed by atoms with E-state index in [0.717, 1.165) is 52.1 Å². The number of carbonyl (C=O) groups excluding carboxylic acids is 1. The van der Waals surface area contributed by atoms with Gasteiger partial charge in [0.25, 0.3) is 0 Å². The van der Waals surface area contributed by atoms with Crippen molar-refractivity contribution in [1.82, 2.24) is 19.9 Å². The SMILES string of the molecule is CCN(CC)C(=O)C1[C@H]2CN(C3CCN(c4nc(C)no4)CC3)C[C@@H]12. The number of fused-ring (bicyclic) bond motifs is 1. The summed E-state index contributed by atoms with van der Waals surface area (Å²) in [7, 11) is 0. The Kier molecular flexibility index (Phi) is 4.43. The van der Waals surface area contributed by atoms with Gasteiger partial charge in [0, 0.05) is 51.2 Å². The van der Waals surface area contributed by atoms with Gasteiger partial charge in [0.2, 0.25) is 5.91 Å². The number of nitrogens with zero attached hydrogens (tertiary/aromatic N) is 5. The summed E-state index contributed by atoms with van der Waals surface area (Å²) in [4.78, 5) is 23.7. The van der Waals surface area contributed by atoms with E-state index in [1.807, 2.05) is 11.8 Å². The number of aryl methyl sites for hydroxylation is 1. The van der Waals surface area contributed by atoms with Crippen LogP contribution in [0.25, 0.3) is 0 Å². The standard InChI is InChI=1S/C18H29N5O2/c1-4-21(5-2)17(24)16-14-10-23(11-15(14)16)13-6-8-22(9-7-13)18-19-12(3)20-25-18/h13-16H,4-11H2,1-3H3/t14-,15+,16?. The molecular weight excluding hydrogens is 318 g/mol. The Hall–Kier alpha value is -1.63. The van der Waals surface area contributed by atoms with Crippen LogP contribution in [0.1, 0.15) is 32.5 Å². The summed E-state index contributed by atoms with van der Waals surface area (Å²) in [5, 5.41) is 3.88. The summed E-state index contributed by atoms with van der Waals surface area (Å²) in [5.74, 6) is 2.59. The van der Waals surface area contributed by atoms with Crippen molar-refractivity contribution in [2.75, 3.05) is 44.2 Å². The molecule has 3 fully saturated rings. The number of amides is 1. The van der Waals surface area contributed by atoms with Crippen LogP contribution < -0.4 is 4.90 Å². The minimum Gasteiger partial charge on any atom is -0.343 e. The molecule has 4 rings (SSSR count). The van der Waals surface area contributed by atoms with E-state index in [1.165, 1.54) is 0 Å². The lowest BCUT2D eigenvalue weighted by Gasteiger charge is -2.37. The number of likely N-dealkylation sites (tertiary alicyclic amines) is 1. The molecule has 1 unspecified atom stereocenters. The summed E-state index contributed by atoms with van der Waals surface area (Å²) >= 11 is 0. The lowest BCUT2D eigenvalue weighted by atomic mass is 10.0. The van der Waals surface area contributed by atoms with Gasteiger partial charge < -0.3 is 14.3 Å². The Morgan fingerprint density at radius 1 is 1.20 bits per heavy atom. The minimum atomic E-state index is 0.303. The molecular formula is C18H29N5O2. The number of hydrogen-bond donors (Lipinski definition) is 0. The number of hydrogen-bond acceptors (Lipinski definition) is 6. The second kappa shape index (κ2) is 6.59. The van der Waals surface area contributed by atoms with E-state index in [-0.39, 0.29) is 0 Å². The highest BCUT2D eigenvalue weighted by Crippen LogP contribution is 2.53. The molecule has 0 aromatic carbocycles. The fraction of sp³-hybridized carbons (Fsp3) is 0.833. The molecule has 0 bridgehead atoms. The maximum Gasteiger partial charge on any atom is 0.324 e. The quantitative estimate of drug-likeness (QED) is 0.802. The van der Waals surface area contributed by atoms with Crippen LogP contribution in [0.5, 0.6) is 0 Å². The van der Waals surface area contributed by atoms with Gasteiger partial charge in [-0.3, -0.25) is 9.69 Å². The third-order valence-electron chi connectivity index (χ3n) is 6.35. The van der Waals surface area contributed by atoms with Crippen LogP contribution in [-0.4, -0.2) is 71.2 Å². The molecule has 1 amide bonds. The van der Waals surface area contributed by atoms with E-state index in [0.29, 0.717) is 41.5 Å². The van der Waals surface area contributed by atoms with Crippen LogP contribution in [0.3, 0.4) is 0 Å². The Labute approximate surface area is 149 Å². The number of anilines is 1. The highest BCUT2D eigenvalue weighted by Gasteiger charge is 2.60. The second-order valence-electron chi connectivity index (χ2n) is 7.66. The molecule has 3 aliphatic rings. The molecule has 0 spiro atoms. The summed E-state index contributed by atoms with van der Waals surface area (Å²) < 4.78 is 5.28. The molecule has 3 heterocycles.